The molecule has 0 aliphatic carbocycles. The molecule has 1 unspecified atom stereocenters. The number of hydrogen-bond acceptors (Lipinski definition) is 3. The van der Waals surface area contributed by atoms with Crippen LogP contribution in [-0.4, -0.2) is 29.9 Å². The number of benzene rings is 1. The zero-order valence-corrected chi connectivity index (χ0v) is 10.3. The Bertz CT molecular complexity index is 365. The first-order valence-electron chi connectivity index (χ1n) is 6.35. The summed E-state index contributed by atoms with van der Waals surface area (Å²) < 4.78 is 0. The van der Waals surface area contributed by atoms with Crippen molar-refractivity contribution in [3.05, 3.63) is 29.8 Å². The van der Waals surface area contributed by atoms with Gasteiger partial charge in [-0.25, -0.2) is 0 Å². The van der Waals surface area contributed by atoms with Gasteiger partial charge in [0, 0.05) is 30.9 Å². The van der Waals surface area contributed by atoms with Gasteiger partial charge in [0.25, 0.3) is 0 Å². The van der Waals surface area contributed by atoms with E-state index in [2.05, 4.69) is 11.0 Å². The summed E-state index contributed by atoms with van der Waals surface area (Å²) in [6.07, 6.45) is 1.77. The smallest absolute Gasteiger partial charge is 0.0781 e. The van der Waals surface area contributed by atoms with Crippen LogP contribution in [0.1, 0.15) is 31.4 Å². The topological polar surface area (TPSA) is 43.7 Å². The van der Waals surface area contributed by atoms with Gasteiger partial charge in [-0.15, -0.1) is 0 Å². The Morgan fingerprint density at radius 2 is 2.18 bits per heavy atom. The summed E-state index contributed by atoms with van der Waals surface area (Å²) in [5.74, 6) is 0.366. The van der Waals surface area contributed by atoms with Crippen LogP contribution in [0.2, 0.25) is 0 Å². The van der Waals surface area contributed by atoms with Crippen LogP contribution in [0.5, 0.6) is 0 Å². The van der Waals surface area contributed by atoms with E-state index in [0.717, 1.165) is 37.2 Å². The molecule has 1 aliphatic heterocycles. The van der Waals surface area contributed by atoms with Crippen molar-refractivity contribution >= 4 is 5.69 Å². The second-order valence-electron chi connectivity index (χ2n) is 4.87. The molecule has 3 nitrogen and oxygen atoms in total. The molecule has 2 atom stereocenters. The number of anilines is 1. The van der Waals surface area contributed by atoms with Gasteiger partial charge in [-0.05, 0) is 31.7 Å². The molecule has 2 rings (SSSR count). The molecule has 1 fully saturated rings. The molecule has 94 valence electrons. The molecular weight excluding hydrogens is 214 g/mol. The van der Waals surface area contributed by atoms with Crippen molar-refractivity contribution in [2.45, 2.75) is 25.9 Å². The highest BCUT2D eigenvalue weighted by atomic mass is 16.3. The second kappa shape index (κ2) is 5.52. The molecule has 1 aromatic carbocycles. The van der Waals surface area contributed by atoms with E-state index in [1.54, 1.807) is 6.92 Å². The van der Waals surface area contributed by atoms with Crippen LogP contribution < -0.4 is 4.90 Å². The van der Waals surface area contributed by atoms with Gasteiger partial charge in [0.15, 0.2) is 0 Å². The lowest BCUT2D eigenvalue weighted by Gasteiger charge is -2.35. The van der Waals surface area contributed by atoms with Crippen molar-refractivity contribution in [3.8, 4) is 0 Å². The fourth-order valence-electron chi connectivity index (χ4n) is 2.56. The van der Waals surface area contributed by atoms with E-state index in [4.69, 9.17) is 0 Å². The van der Waals surface area contributed by atoms with Crippen molar-refractivity contribution in [2.75, 3.05) is 24.6 Å². The first-order chi connectivity index (χ1) is 8.22. The maximum Gasteiger partial charge on any atom is 0.0781 e. The predicted octanol–water partition coefficient (Wildman–Crippen LogP) is 1.95. The molecule has 1 heterocycles. The lowest BCUT2D eigenvalue weighted by Crippen LogP contribution is -2.37. The minimum atomic E-state index is -0.444. The number of aliphatic hydroxyl groups excluding tert-OH is 2. The molecular formula is C14H21NO2. The first-order valence-corrected chi connectivity index (χ1v) is 6.35. The summed E-state index contributed by atoms with van der Waals surface area (Å²) in [6, 6.07) is 7.99. The molecule has 2 N–H and O–H groups in total. The molecule has 0 bridgehead atoms. The van der Waals surface area contributed by atoms with E-state index in [-0.39, 0.29) is 6.61 Å². The number of hydrogen-bond donors (Lipinski definition) is 2. The van der Waals surface area contributed by atoms with Crippen molar-refractivity contribution in [1.29, 1.82) is 0 Å². The van der Waals surface area contributed by atoms with Crippen molar-refractivity contribution < 1.29 is 10.2 Å². The van der Waals surface area contributed by atoms with Crippen molar-refractivity contribution in [2.24, 2.45) is 5.92 Å². The molecule has 1 saturated heterocycles. The van der Waals surface area contributed by atoms with E-state index in [9.17, 15) is 10.2 Å². The quantitative estimate of drug-likeness (QED) is 0.841. The van der Waals surface area contributed by atoms with Crippen LogP contribution in [-0.2, 0) is 0 Å². The maximum atomic E-state index is 9.78. The van der Waals surface area contributed by atoms with Gasteiger partial charge in [-0.1, -0.05) is 18.2 Å². The average Bonchev–Trinajstić information content (AvgIpc) is 2.39. The molecule has 3 heteroatoms. The van der Waals surface area contributed by atoms with E-state index < -0.39 is 6.10 Å². The Kier molecular flexibility index (Phi) is 4.02. The standard InChI is InChI=1S/C14H21NO2/c1-11(17)13-6-2-3-7-14(13)15-8-4-5-12(9-15)10-16/h2-3,6-7,11-12,16-17H,4-5,8-10H2,1H3/t11-,12?/m1/s1. The summed E-state index contributed by atoms with van der Waals surface area (Å²) in [7, 11) is 0. The highest BCUT2D eigenvalue weighted by Crippen LogP contribution is 2.29. The highest BCUT2D eigenvalue weighted by Gasteiger charge is 2.21. The van der Waals surface area contributed by atoms with Crippen LogP contribution >= 0.6 is 0 Å². The van der Waals surface area contributed by atoms with Crippen LogP contribution in [0.15, 0.2) is 24.3 Å². The third kappa shape index (κ3) is 2.79. The van der Waals surface area contributed by atoms with Gasteiger partial charge >= 0.3 is 0 Å². The zero-order valence-electron chi connectivity index (χ0n) is 10.3. The molecule has 1 aliphatic rings. The molecule has 17 heavy (non-hydrogen) atoms. The van der Waals surface area contributed by atoms with Crippen LogP contribution in [0.4, 0.5) is 5.69 Å². The lowest BCUT2D eigenvalue weighted by atomic mass is 9.97. The van der Waals surface area contributed by atoms with Gasteiger partial charge in [0.2, 0.25) is 0 Å². The second-order valence-corrected chi connectivity index (χ2v) is 4.87. The van der Waals surface area contributed by atoms with Gasteiger partial charge in [-0.3, -0.25) is 0 Å². The van der Waals surface area contributed by atoms with Gasteiger partial charge in [0.1, 0.15) is 0 Å². The van der Waals surface area contributed by atoms with E-state index in [1.165, 1.54) is 0 Å². The summed E-state index contributed by atoms with van der Waals surface area (Å²) >= 11 is 0. The van der Waals surface area contributed by atoms with Crippen LogP contribution in [0.25, 0.3) is 0 Å². The first kappa shape index (κ1) is 12.4. The molecule has 1 aromatic rings. The summed E-state index contributed by atoms with van der Waals surface area (Å²) in [5, 5.41) is 19.0. The summed E-state index contributed by atoms with van der Waals surface area (Å²) in [6.45, 7) is 3.96. The Morgan fingerprint density at radius 1 is 1.41 bits per heavy atom. The molecule has 0 aromatic heterocycles. The van der Waals surface area contributed by atoms with Crippen molar-refractivity contribution in [1.82, 2.24) is 0 Å². The highest BCUT2D eigenvalue weighted by molar-refractivity contribution is 5.54. The SMILES string of the molecule is C[C@@H](O)c1ccccc1N1CCCC(CO)C1. The molecule has 0 amide bonds. The largest absolute Gasteiger partial charge is 0.396 e. The normalized spacial score (nSPS) is 22.5. The maximum absolute atomic E-state index is 9.78. The Hall–Kier alpha value is -1.06. The van der Waals surface area contributed by atoms with Crippen LogP contribution in [0, 0.1) is 5.92 Å². The number of para-hydroxylation sites is 1. The van der Waals surface area contributed by atoms with E-state index in [0.29, 0.717) is 5.92 Å². The van der Waals surface area contributed by atoms with E-state index >= 15 is 0 Å². The Balaban J connectivity index is 2.21. The third-order valence-electron chi connectivity index (χ3n) is 3.50. The minimum Gasteiger partial charge on any atom is -0.396 e. The molecule has 0 spiro atoms. The molecule has 0 saturated carbocycles. The number of nitrogens with zero attached hydrogens (tertiary/aromatic N) is 1. The molecule has 0 radical (unpaired) electrons. The number of aliphatic hydroxyl groups is 2. The lowest BCUT2D eigenvalue weighted by molar-refractivity contribution is 0.197. The monoisotopic (exact) mass is 235 g/mol. The van der Waals surface area contributed by atoms with Crippen LogP contribution in [0.3, 0.4) is 0 Å². The van der Waals surface area contributed by atoms with Crippen molar-refractivity contribution in [3.63, 3.8) is 0 Å². The predicted molar refractivity (Wildman–Crippen MR) is 69.1 cm³/mol. The zero-order chi connectivity index (χ0) is 12.3. The minimum absolute atomic E-state index is 0.257. The fourth-order valence-corrected chi connectivity index (χ4v) is 2.56. The Labute approximate surface area is 103 Å². The average molecular weight is 235 g/mol. The third-order valence-corrected chi connectivity index (χ3v) is 3.50. The van der Waals surface area contributed by atoms with Gasteiger partial charge < -0.3 is 15.1 Å². The summed E-state index contributed by atoms with van der Waals surface area (Å²) in [5.41, 5.74) is 2.09. The Morgan fingerprint density at radius 3 is 2.88 bits per heavy atom. The van der Waals surface area contributed by atoms with Gasteiger partial charge in [-0.2, -0.15) is 0 Å². The number of rotatable bonds is 3. The fraction of sp³-hybridized carbons (Fsp3) is 0.571. The van der Waals surface area contributed by atoms with Gasteiger partial charge in [0.05, 0.1) is 6.10 Å². The van der Waals surface area contributed by atoms with E-state index in [1.807, 2.05) is 18.2 Å². The number of piperidine rings is 1. The summed E-state index contributed by atoms with van der Waals surface area (Å²) in [4.78, 5) is 2.28.